The van der Waals surface area contributed by atoms with Gasteiger partial charge in [-0.3, -0.25) is 0 Å². The largest absolute Gasteiger partial charge is 0.466 e. The van der Waals surface area contributed by atoms with Crippen molar-refractivity contribution in [2.24, 2.45) is 0 Å². The van der Waals surface area contributed by atoms with E-state index in [4.69, 9.17) is 4.74 Å². The molecule has 25 heavy (non-hydrogen) atoms. The highest BCUT2D eigenvalue weighted by Crippen LogP contribution is 2.55. The summed E-state index contributed by atoms with van der Waals surface area (Å²) in [7, 11) is -0.644. The first-order valence-corrected chi connectivity index (χ1v) is 9.86. The van der Waals surface area contributed by atoms with E-state index in [1.807, 2.05) is 54.6 Å². The van der Waals surface area contributed by atoms with Gasteiger partial charge in [0.2, 0.25) is 0 Å². The van der Waals surface area contributed by atoms with Crippen LogP contribution in [0.5, 0.6) is 0 Å². The summed E-state index contributed by atoms with van der Waals surface area (Å²) >= 11 is 0. The highest BCUT2D eigenvalue weighted by Gasteiger charge is 2.47. The van der Waals surface area contributed by atoms with Crippen LogP contribution in [0.15, 0.2) is 91.0 Å². The van der Waals surface area contributed by atoms with E-state index in [-0.39, 0.29) is 23.0 Å². The number of carbonyl (C=O) groups is 1. The quantitative estimate of drug-likeness (QED) is 0.468. The lowest BCUT2D eigenvalue weighted by Crippen LogP contribution is -2.36. The number of ether oxygens (including phenoxy) is 1. The molecule has 0 saturated carbocycles. The Bertz CT molecular complexity index is 695. The molecule has 4 heteroatoms. The molecule has 0 atom stereocenters. The van der Waals surface area contributed by atoms with Crippen LogP contribution >= 0.6 is 24.2 Å². The van der Waals surface area contributed by atoms with Crippen LogP contribution < -0.4 is 15.9 Å². The van der Waals surface area contributed by atoms with Crippen molar-refractivity contribution in [3.8, 4) is 0 Å². The maximum Gasteiger partial charge on any atom is 0.344 e. The number of hydrogen-bond donors (Lipinski definition) is 0. The molecule has 0 radical (unpaired) electrons. The minimum absolute atomic E-state index is 0. The molecule has 3 rings (SSSR count). The van der Waals surface area contributed by atoms with Crippen molar-refractivity contribution in [1.82, 2.24) is 0 Å². The van der Waals surface area contributed by atoms with Crippen LogP contribution in [-0.4, -0.2) is 19.2 Å². The van der Waals surface area contributed by atoms with Gasteiger partial charge in [-0.2, -0.15) is 0 Å². The van der Waals surface area contributed by atoms with Gasteiger partial charge >= 0.3 is 5.97 Å². The maximum atomic E-state index is 12.4. The summed E-state index contributed by atoms with van der Waals surface area (Å²) in [5.74, 6) is -0.181. The molecule has 0 aromatic heterocycles. The number of carbonyl (C=O) groups excluding carboxylic acids is 1. The number of halogens is 1. The predicted octanol–water partition coefficient (Wildman–Crippen LogP) is 3.73. The highest BCUT2D eigenvalue weighted by atomic mass is 79.9. The minimum atomic E-state index is -2.10. The van der Waals surface area contributed by atoms with Crippen LogP contribution in [0.4, 0.5) is 0 Å². The van der Waals surface area contributed by atoms with Gasteiger partial charge in [-0.05, 0) is 36.4 Å². The molecule has 0 N–H and O–H groups in total. The normalized spacial score (nSPS) is 10.6. The molecule has 0 saturated heterocycles. The molecule has 0 amide bonds. The van der Waals surface area contributed by atoms with Gasteiger partial charge in [-0.25, -0.2) is 4.79 Å². The van der Waals surface area contributed by atoms with Gasteiger partial charge in [-0.15, -0.1) is 17.0 Å². The van der Waals surface area contributed by atoms with E-state index in [0.29, 0.717) is 6.16 Å². The van der Waals surface area contributed by atoms with Crippen molar-refractivity contribution in [3.05, 3.63) is 91.0 Å². The first-order valence-electron chi connectivity index (χ1n) is 7.89. The molecule has 0 heterocycles. The van der Waals surface area contributed by atoms with E-state index in [1.54, 1.807) is 0 Å². The third-order valence-corrected chi connectivity index (χ3v) is 8.46. The van der Waals surface area contributed by atoms with Gasteiger partial charge in [0.25, 0.3) is 0 Å². The fourth-order valence-electron chi connectivity index (χ4n) is 3.03. The second kappa shape index (κ2) is 8.94. The average Bonchev–Trinajstić information content (AvgIpc) is 2.68. The molecule has 0 aliphatic rings. The Hall–Kier alpha value is -1.96. The Labute approximate surface area is 160 Å². The zero-order valence-corrected chi connectivity index (χ0v) is 16.6. The third-order valence-electron chi connectivity index (χ3n) is 4.18. The molecule has 0 bridgehead atoms. The smallest absolute Gasteiger partial charge is 0.344 e. The SMILES string of the molecule is Br.COC(=O)C[P+](c1ccccc1)(c1ccccc1)c1ccccc1. The summed E-state index contributed by atoms with van der Waals surface area (Å²) in [6.45, 7) is 0. The molecule has 2 nitrogen and oxygen atoms in total. The van der Waals surface area contributed by atoms with E-state index in [2.05, 4.69) is 36.4 Å². The first-order chi connectivity index (χ1) is 11.8. The summed E-state index contributed by atoms with van der Waals surface area (Å²) in [5.41, 5.74) is 0. The number of methoxy groups -OCH3 is 1. The van der Waals surface area contributed by atoms with E-state index in [0.717, 1.165) is 0 Å². The number of esters is 1. The topological polar surface area (TPSA) is 26.3 Å². The molecule has 0 fully saturated rings. The Kier molecular flexibility index (Phi) is 6.92. The van der Waals surface area contributed by atoms with Crippen molar-refractivity contribution >= 4 is 46.1 Å². The van der Waals surface area contributed by atoms with Gasteiger partial charge in [0, 0.05) is 0 Å². The molecule has 0 aliphatic heterocycles. The van der Waals surface area contributed by atoms with E-state index >= 15 is 0 Å². The van der Waals surface area contributed by atoms with Crippen molar-refractivity contribution in [2.75, 3.05) is 13.3 Å². The fourth-order valence-corrected chi connectivity index (χ4v) is 7.03. The minimum Gasteiger partial charge on any atom is -0.466 e. The molecule has 128 valence electrons. The Morgan fingerprint density at radius 1 is 0.720 bits per heavy atom. The lowest BCUT2D eigenvalue weighted by Gasteiger charge is -2.26. The van der Waals surface area contributed by atoms with Gasteiger partial charge in [0.15, 0.2) is 6.16 Å². The Balaban J connectivity index is 0.00000225. The molecule has 0 aliphatic carbocycles. The van der Waals surface area contributed by atoms with E-state index in [1.165, 1.54) is 23.0 Å². The molecular formula is C21H21BrO2P+. The van der Waals surface area contributed by atoms with Crippen molar-refractivity contribution < 1.29 is 9.53 Å². The standard InChI is InChI=1S/C21H20O2P.BrH/c1-23-21(22)17-24(18-11-5-2-6-12-18,19-13-7-3-8-14-19)20-15-9-4-10-16-20;/h2-16H,17H2,1H3;1H/q+1;. The van der Waals surface area contributed by atoms with Crippen LogP contribution in [0.25, 0.3) is 0 Å². The molecule has 3 aromatic carbocycles. The number of benzene rings is 3. The van der Waals surface area contributed by atoms with Crippen LogP contribution in [0, 0.1) is 0 Å². The number of hydrogen-bond acceptors (Lipinski definition) is 2. The summed E-state index contributed by atoms with van der Waals surface area (Å²) in [4.78, 5) is 12.4. The van der Waals surface area contributed by atoms with Crippen molar-refractivity contribution in [2.45, 2.75) is 0 Å². The van der Waals surface area contributed by atoms with Gasteiger partial charge in [0.05, 0.1) is 7.11 Å². The first kappa shape index (κ1) is 19.4. The van der Waals surface area contributed by atoms with Crippen LogP contribution in [0.3, 0.4) is 0 Å². The van der Waals surface area contributed by atoms with Crippen LogP contribution in [0.2, 0.25) is 0 Å². The van der Waals surface area contributed by atoms with Gasteiger partial charge in [-0.1, -0.05) is 54.6 Å². The molecule has 3 aromatic rings. The zero-order valence-electron chi connectivity index (χ0n) is 14.0. The monoisotopic (exact) mass is 415 g/mol. The number of rotatable bonds is 5. The van der Waals surface area contributed by atoms with E-state index in [9.17, 15) is 4.79 Å². The summed E-state index contributed by atoms with van der Waals surface area (Å²) in [6, 6.07) is 31.0. The maximum absolute atomic E-state index is 12.4. The fraction of sp³-hybridized carbons (Fsp3) is 0.0952. The van der Waals surface area contributed by atoms with Gasteiger partial charge in [0.1, 0.15) is 23.2 Å². The van der Waals surface area contributed by atoms with Gasteiger partial charge < -0.3 is 4.74 Å². The lowest BCUT2D eigenvalue weighted by molar-refractivity contribution is -0.137. The Morgan fingerprint density at radius 3 is 1.32 bits per heavy atom. The van der Waals surface area contributed by atoms with Crippen molar-refractivity contribution in [1.29, 1.82) is 0 Å². The van der Waals surface area contributed by atoms with E-state index < -0.39 is 7.26 Å². The Morgan fingerprint density at radius 2 is 1.04 bits per heavy atom. The second-order valence-corrected chi connectivity index (χ2v) is 9.04. The predicted molar refractivity (Wildman–Crippen MR) is 112 cm³/mol. The zero-order chi connectivity index (χ0) is 16.8. The second-order valence-electron chi connectivity index (χ2n) is 5.55. The van der Waals surface area contributed by atoms with Crippen molar-refractivity contribution in [3.63, 3.8) is 0 Å². The third kappa shape index (κ3) is 4.00. The lowest BCUT2D eigenvalue weighted by atomic mass is 10.4. The molecule has 0 spiro atoms. The van der Waals surface area contributed by atoms with Crippen LogP contribution in [-0.2, 0) is 9.53 Å². The van der Waals surface area contributed by atoms with Crippen LogP contribution in [0.1, 0.15) is 0 Å². The summed E-state index contributed by atoms with van der Waals surface area (Å²) in [6.07, 6.45) is 0.363. The summed E-state index contributed by atoms with van der Waals surface area (Å²) in [5, 5.41) is 3.56. The average molecular weight is 416 g/mol. The summed E-state index contributed by atoms with van der Waals surface area (Å²) < 4.78 is 5.06. The molecule has 0 unspecified atom stereocenters. The highest BCUT2D eigenvalue weighted by molar-refractivity contribution is 8.93. The molecular weight excluding hydrogens is 395 g/mol.